The minimum atomic E-state index is -1.43. The number of amides is 1. The molecule has 1 aromatic rings. The van der Waals surface area contributed by atoms with Crippen molar-refractivity contribution < 1.29 is 19.2 Å². The highest BCUT2D eigenvalue weighted by Gasteiger charge is 2.01. The lowest BCUT2D eigenvalue weighted by molar-refractivity contribution is -0.297. The van der Waals surface area contributed by atoms with Gasteiger partial charge < -0.3 is 19.7 Å². The quantitative estimate of drug-likeness (QED) is 0.639. The highest BCUT2D eigenvalue weighted by molar-refractivity contribution is 6.01. The van der Waals surface area contributed by atoms with E-state index in [0.29, 0.717) is 11.8 Å². The lowest BCUT2D eigenvalue weighted by Gasteiger charge is -1.94. The molecule has 0 atom stereocenters. The van der Waals surface area contributed by atoms with E-state index >= 15 is 0 Å². The van der Waals surface area contributed by atoms with Crippen molar-refractivity contribution in [3.63, 3.8) is 0 Å². The Kier molecular flexibility index (Phi) is 3.01. The summed E-state index contributed by atoms with van der Waals surface area (Å²) in [6, 6.07) is 1.50. The number of carboxylic acids is 1. The van der Waals surface area contributed by atoms with E-state index in [-0.39, 0.29) is 5.82 Å². The summed E-state index contributed by atoms with van der Waals surface area (Å²) in [6.45, 7) is 1.67. The predicted octanol–water partition coefficient (Wildman–Crippen LogP) is -0.772. The molecule has 0 radical (unpaired) electrons. The summed E-state index contributed by atoms with van der Waals surface area (Å²) in [6.07, 6.45) is 1.46. The molecule has 0 fully saturated rings. The van der Waals surface area contributed by atoms with Crippen LogP contribution in [0.4, 0.5) is 5.82 Å². The van der Waals surface area contributed by atoms with Gasteiger partial charge in [-0.15, -0.1) is 0 Å². The summed E-state index contributed by atoms with van der Waals surface area (Å²) in [7, 11) is 0. The Morgan fingerprint density at radius 2 is 2.29 bits per heavy atom. The van der Waals surface area contributed by atoms with Gasteiger partial charge in [0.2, 0.25) is 5.91 Å². The van der Waals surface area contributed by atoms with Crippen LogP contribution in [0.2, 0.25) is 0 Å². The molecule has 6 nitrogen and oxygen atoms in total. The van der Waals surface area contributed by atoms with Gasteiger partial charge in [-0.25, -0.2) is 0 Å². The Balaban J connectivity index is 2.53. The maximum Gasteiger partial charge on any atom is 0.249 e. The number of rotatable bonds is 3. The summed E-state index contributed by atoms with van der Waals surface area (Å²) < 4.78 is 4.67. The molecule has 0 aliphatic heterocycles. The number of aryl methyl sites for hydroxylation is 1. The first-order valence-electron chi connectivity index (χ1n) is 3.71. The van der Waals surface area contributed by atoms with Gasteiger partial charge in [-0.2, -0.15) is 0 Å². The Bertz CT molecular complexity index is 380. The fourth-order valence-corrected chi connectivity index (χ4v) is 0.737. The van der Waals surface area contributed by atoms with Crippen LogP contribution in [0.15, 0.2) is 22.7 Å². The van der Waals surface area contributed by atoms with Crippen LogP contribution < -0.4 is 10.4 Å². The van der Waals surface area contributed by atoms with Crippen molar-refractivity contribution in [3.05, 3.63) is 24.0 Å². The van der Waals surface area contributed by atoms with Gasteiger partial charge in [0, 0.05) is 12.1 Å². The first kappa shape index (κ1) is 9.97. The normalized spacial score (nSPS) is 10.4. The SMILES string of the molecule is Cc1cc(NC(=O)/C=C/C(=O)[O-])no1. The third-order valence-corrected chi connectivity index (χ3v) is 1.25. The molecule has 74 valence electrons. The first-order chi connectivity index (χ1) is 6.58. The minimum Gasteiger partial charge on any atom is -0.545 e. The zero-order valence-electron chi connectivity index (χ0n) is 7.31. The van der Waals surface area contributed by atoms with E-state index in [4.69, 9.17) is 0 Å². The van der Waals surface area contributed by atoms with E-state index in [1.807, 2.05) is 0 Å². The van der Waals surface area contributed by atoms with E-state index < -0.39 is 11.9 Å². The maximum absolute atomic E-state index is 11.0. The van der Waals surface area contributed by atoms with Crippen LogP contribution in [-0.4, -0.2) is 17.0 Å². The average Bonchev–Trinajstić information content (AvgIpc) is 2.48. The van der Waals surface area contributed by atoms with E-state index in [9.17, 15) is 14.7 Å². The average molecular weight is 195 g/mol. The monoisotopic (exact) mass is 195 g/mol. The van der Waals surface area contributed by atoms with Crippen molar-refractivity contribution in [2.24, 2.45) is 0 Å². The first-order valence-corrected chi connectivity index (χ1v) is 3.71. The fraction of sp³-hybridized carbons (Fsp3) is 0.125. The predicted molar refractivity (Wildman–Crippen MR) is 44.0 cm³/mol. The molecule has 0 bridgehead atoms. The number of nitrogens with zero attached hydrogens (tertiary/aromatic N) is 1. The molecule has 14 heavy (non-hydrogen) atoms. The number of nitrogens with one attached hydrogen (secondary N) is 1. The molecule has 0 aliphatic carbocycles. The van der Waals surface area contributed by atoms with Crippen molar-refractivity contribution in [1.82, 2.24) is 5.16 Å². The second-order valence-electron chi connectivity index (χ2n) is 2.46. The van der Waals surface area contributed by atoms with Crippen LogP contribution in [0.3, 0.4) is 0 Å². The van der Waals surface area contributed by atoms with Gasteiger partial charge in [-0.1, -0.05) is 5.16 Å². The third kappa shape index (κ3) is 3.10. The molecular formula is C8H7N2O4-. The highest BCUT2D eigenvalue weighted by Crippen LogP contribution is 2.06. The molecule has 1 N–H and O–H groups in total. The van der Waals surface area contributed by atoms with Crippen LogP contribution in [0.25, 0.3) is 0 Å². The Hall–Kier alpha value is -2.11. The van der Waals surface area contributed by atoms with Gasteiger partial charge in [-0.05, 0) is 13.0 Å². The summed E-state index contributed by atoms with van der Waals surface area (Å²) >= 11 is 0. The number of carbonyl (C=O) groups is 2. The van der Waals surface area contributed by atoms with Crippen LogP contribution >= 0.6 is 0 Å². The van der Waals surface area contributed by atoms with Gasteiger partial charge in [0.25, 0.3) is 0 Å². The van der Waals surface area contributed by atoms with Crippen molar-refractivity contribution in [2.75, 3.05) is 5.32 Å². The Morgan fingerprint density at radius 1 is 1.57 bits per heavy atom. The Labute approximate surface area is 79.2 Å². The maximum atomic E-state index is 11.0. The molecule has 0 unspecified atom stereocenters. The number of aliphatic carboxylic acids is 1. The summed E-state index contributed by atoms with van der Waals surface area (Å²) in [5, 5.41) is 15.7. The molecule has 0 spiro atoms. The lowest BCUT2D eigenvalue weighted by Crippen LogP contribution is -2.20. The third-order valence-electron chi connectivity index (χ3n) is 1.25. The molecule has 0 aromatic carbocycles. The molecule has 0 aliphatic rings. The molecule has 1 rings (SSSR count). The number of hydrogen-bond acceptors (Lipinski definition) is 5. The van der Waals surface area contributed by atoms with Gasteiger partial charge >= 0.3 is 0 Å². The van der Waals surface area contributed by atoms with E-state index in [2.05, 4.69) is 15.0 Å². The van der Waals surface area contributed by atoms with Crippen molar-refractivity contribution in [1.29, 1.82) is 0 Å². The fourth-order valence-electron chi connectivity index (χ4n) is 0.737. The molecule has 1 aromatic heterocycles. The molecule has 0 saturated carbocycles. The number of carbonyl (C=O) groups excluding carboxylic acids is 2. The number of hydrogen-bond donors (Lipinski definition) is 1. The van der Waals surface area contributed by atoms with E-state index in [1.165, 1.54) is 6.07 Å². The molecule has 6 heteroatoms. The number of anilines is 1. The molecule has 1 heterocycles. The Morgan fingerprint density at radius 3 is 2.79 bits per heavy atom. The standard InChI is InChI=1S/C8H8N2O4/c1-5-4-6(10-14-5)9-7(11)2-3-8(12)13/h2-4H,1H3,(H,12,13)(H,9,10,11)/p-1/b3-2+. The molecule has 0 saturated heterocycles. The topological polar surface area (TPSA) is 95.3 Å². The minimum absolute atomic E-state index is 0.232. The van der Waals surface area contributed by atoms with Gasteiger partial charge in [0.15, 0.2) is 5.82 Å². The second-order valence-corrected chi connectivity index (χ2v) is 2.46. The summed E-state index contributed by atoms with van der Waals surface area (Å²) in [5.74, 6) is -1.27. The van der Waals surface area contributed by atoms with Gasteiger partial charge in [0.05, 0.1) is 5.97 Å². The zero-order valence-corrected chi connectivity index (χ0v) is 7.31. The van der Waals surface area contributed by atoms with Crippen LogP contribution in [-0.2, 0) is 9.59 Å². The van der Waals surface area contributed by atoms with Crippen LogP contribution in [0, 0.1) is 6.92 Å². The number of carboxylic acid groups (broad SMARTS) is 1. The van der Waals surface area contributed by atoms with Crippen molar-refractivity contribution >= 4 is 17.7 Å². The smallest absolute Gasteiger partial charge is 0.249 e. The summed E-state index contributed by atoms with van der Waals surface area (Å²) in [4.78, 5) is 20.9. The van der Waals surface area contributed by atoms with E-state index in [1.54, 1.807) is 6.92 Å². The van der Waals surface area contributed by atoms with Crippen LogP contribution in [0.5, 0.6) is 0 Å². The molecular weight excluding hydrogens is 188 g/mol. The van der Waals surface area contributed by atoms with Crippen molar-refractivity contribution in [3.8, 4) is 0 Å². The zero-order chi connectivity index (χ0) is 10.6. The largest absolute Gasteiger partial charge is 0.545 e. The van der Waals surface area contributed by atoms with Crippen LogP contribution in [0.1, 0.15) is 5.76 Å². The lowest BCUT2D eigenvalue weighted by atomic mass is 10.4. The second kappa shape index (κ2) is 4.22. The highest BCUT2D eigenvalue weighted by atomic mass is 16.5. The van der Waals surface area contributed by atoms with Gasteiger partial charge in [-0.3, -0.25) is 4.79 Å². The van der Waals surface area contributed by atoms with Gasteiger partial charge in [0.1, 0.15) is 5.76 Å². The van der Waals surface area contributed by atoms with E-state index in [0.717, 1.165) is 6.08 Å². The number of aromatic nitrogens is 1. The van der Waals surface area contributed by atoms with Crippen molar-refractivity contribution in [2.45, 2.75) is 6.92 Å². The summed E-state index contributed by atoms with van der Waals surface area (Å²) in [5.41, 5.74) is 0. The molecule has 1 amide bonds.